The van der Waals surface area contributed by atoms with Gasteiger partial charge in [-0.15, -0.1) is 0 Å². The van der Waals surface area contributed by atoms with Crippen molar-refractivity contribution in [1.29, 1.82) is 0 Å². The monoisotopic (exact) mass is 360 g/mol. The number of rotatable bonds is 4. The Labute approximate surface area is 153 Å². The second kappa shape index (κ2) is 7.12. The molecular formula is C20H24O6. The lowest BCUT2D eigenvalue weighted by atomic mass is 9.94. The number of esters is 1. The predicted octanol–water partition coefficient (Wildman–Crippen LogP) is 3.26. The number of hydrogen-bond acceptors (Lipinski definition) is 6. The molecule has 1 saturated carbocycles. The van der Waals surface area contributed by atoms with Crippen LogP contribution in [0.25, 0.3) is 6.08 Å². The molecule has 6 heteroatoms. The van der Waals surface area contributed by atoms with Gasteiger partial charge in [-0.05, 0) is 30.5 Å². The van der Waals surface area contributed by atoms with Crippen molar-refractivity contribution in [2.24, 2.45) is 0 Å². The Morgan fingerprint density at radius 1 is 1.12 bits per heavy atom. The topological polar surface area (TPSA) is 63.2 Å². The van der Waals surface area contributed by atoms with Crippen molar-refractivity contribution in [3.8, 4) is 0 Å². The predicted molar refractivity (Wildman–Crippen MR) is 93.2 cm³/mol. The lowest BCUT2D eigenvalue weighted by Crippen LogP contribution is -2.38. The lowest BCUT2D eigenvalue weighted by molar-refractivity contribution is -0.276. The zero-order chi connectivity index (χ0) is 18.1. The zero-order valence-corrected chi connectivity index (χ0v) is 14.9. The van der Waals surface area contributed by atoms with E-state index in [1.807, 2.05) is 12.1 Å². The van der Waals surface area contributed by atoms with Gasteiger partial charge >= 0.3 is 5.97 Å². The maximum Gasteiger partial charge on any atom is 0.340 e. The summed E-state index contributed by atoms with van der Waals surface area (Å²) in [5, 5.41) is 0. The van der Waals surface area contributed by atoms with Gasteiger partial charge in [-0.2, -0.15) is 0 Å². The van der Waals surface area contributed by atoms with E-state index in [1.54, 1.807) is 25.3 Å². The number of ether oxygens (including phenoxy) is 5. The first-order valence-electron chi connectivity index (χ1n) is 9.11. The summed E-state index contributed by atoms with van der Waals surface area (Å²) < 4.78 is 29.1. The maximum atomic E-state index is 12.5. The van der Waals surface area contributed by atoms with Crippen LogP contribution in [0.5, 0.6) is 0 Å². The van der Waals surface area contributed by atoms with Gasteiger partial charge in [0, 0.05) is 20.0 Å². The average Bonchev–Trinajstić information content (AvgIpc) is 3.18. The van der Waals surface area contributed by atoms with Gasteiger partial charge in [-0.3, -0.25) is 0 Å². The van der Waals surface area contributed by atoms with E-state index in [1.165, 1.54) is 6.42 Å². The Hall–Kier alpha value is -1.73. The minimum atomic E-state index is -0.849. The first-order chi connectivity index (χ1) is 12.6. The second-order valence-electron chi connectivity index (χ2n) is 6.98. The van der Waals surface area contributed by atoms with Crippen LogP contribution in [-0.2, 0) is 23.7 Å². The molecule has 26 heavy (non-hydrogen) atoms. The summed E-state index contributed by atoms with van der Waals surface area (Å²) in [7, 11) is 1.55. The van der Waals surface area contributed by atoms with Crippen LogP contribution in [0.4, 0.5) is 0 Å². The van der Waals surface area contributed by atoms with E-state index in [2.05, 4.69) is 6.58 Å². The van der Waals surface area contributed by atoms with Crippen molar-refractivity contribution in [2.75, 3.05) is 7.11 Å². The van der Waals surface area contributed by atoms with Crippen molar-refractivity contribution in [2.45, 2.75) is 62.7 Å². The van der Waals surface area contributed by atoms with Crippen LogP contribution < -0.4 is 0 Å². The summed E-state index contributed by atoms with van der Waals surface area (Å²) in [5.74, 6) is -1.06. The third-order valence-corrected chi connectivity index (χ3v) is 5.28. The molecule has 3 aliphatic rings. The first kappa shape index (κ1) is 17.7. The fourth-order valence-corrected chi connectivity index (χ4v) is 3.91. The highest BCUT2D eigenvalue weighted by Crippen LogP contribution is 2.46. The largest absolute Gasteiger partial charge is 0.429 e. The van der Waals surface area contributed by atoms with Crippen LogP contribution in [0.2, 0.25) is 0 Å². The Bertz CT molecular complexity index is 663. The highest BCUT2D eigenvalue weighted by molar-refractivity contribution is 5.89. The standard InChI is InChI=1S/C20H24O6/c1-3-13-7-9-14(10-8-13)17(21)23-19-16-15(18(22-2)24-19)25-20(26-16)11-5-4-6-12-20/h3,7-10,15-16,18-19H,1,4-6,11-12H2,2H3. The molecule has 6 nitrogen and oxygen atoms in total. The molecule has 140 valence electrons. The summed E-state index contributed by atoms with van der Waals surface area (Å²) in [4.78, 5) is 12.5. The van der Waals surface area contributed by atoms with Crippen molar-refractivity contribution in [3.63, 3.8) is 0 Å². The molecule has 0 aromatic heterocycles. The summed E-state index contributed by atoms with van der Waals surface area (Å²) >= 11 is 0. The van der Waals surface area contributed by atoms with Gasteiger partial charge in [-0.25, -0.2) is 4.79 Å². The molecule has 2 aliphatic heterocycles. The van der Waals surface area contributed by atoms with Crippen LogP contribution in [-0.4, -0.2) is 43.7 Å². The Morgan fingerprint density at radius 3 is 2.38 bits per heavy atom. The van der Waals surface area contributed by atoms with Gasteiger partial charge in [0.15, 0.2) is 18.2 Å². The van der Waals surface area contributed by atoms with E-state index in [4.69, 9.17) is 23.7 Å². The van der Waals surface area contributed by atoms with Crippen molar-refractivity contribution < 1.29 is 28.5 Å². The molecule has 1 spiro atoms. The Kier molecular flexibility index (Phi) is 4.84. The molecule has 4 unspecified atom stereocenters. The van der Waals surface area contributed by atoms with Gasteiger partial charge in [0.25, 0.3) is 0 Å². The minimum Gasteiger partial charge on any atom is -0.429 e. The van der Waals surface area contributed by atoms with Gasteiger partial charge in [0.2, 0.25) is 6.29 Å². The molecule has 0 N–H and O–H groups in total. The van der Waals surface area contributed by atoms with Crippen LogP contribution in [0.15, 0.2) is 30.8 Å². The van der Waals surface area contributed by atoms with E-state index in [9.17, 15) is 4.79 Å². The highest BCUT2D eigenvalue weighted by Gasteiger charge is 2.60. The molecule has 3 fully saturated rings. The van der Waals surface area contributed by atoms with Crippen LogP contribution in [0.1, 0.15) is 48.0 Å². The SMILES string of the molecule is C=Cc1ccc(C(=O)OC2OC(OC)C3OC4(CCCCC4)OC23)cc1. The van der Waals surface area contributed by atoms with Crippen molar-refractivity contribution in [1.82, 2.24) is 0 Å². The molecule has 4 rings (SSSR count). The number of fused-ring (bicyclic) bond motifs is 1. The van der Waals surface area contributed by atoms with E-state index in [-0.39, 0.29) is 6.10 Å². The van der Waals surface area contributed by atoms with Crippen LogP contribution in [0.3, 0.4) is 0 Å². The van der Waals surface area contributed by atoms with Gasteiger partial charge in [-0.1, -0.05) is 31.2 Å². The fraction of sp³-hybridized carbons (Fsp3) is 0.550. The zero-order valence-electron chi connectivity index (χ0n) is 14.9. The fourth-order valence-electron chi connectivity index (χ4n) is 3.91. The first-order valence-corrected chi connectivity index (χ1v) is 9.11. The molecule has 0 bridgehead atoms. The molecular weight excluding hydrogens is 336 g/mol. The van der Waals surface area contributed by atoms with Gasteiger partial charge in [0.05, 0.1) is 5.56 Å². The Balaban J connectivity index is 1.47. The van der Waals surface area contributed by atoms with E-state index in [0.717, 1.165) is 31.2 Å². The molecule has 2 saturated heterocycles. The van der Waals surface area contributed by atoms with Gasteiger partial charge < -0.3 is 23.7 Å². The summed E-state index contributed by atoms with van der Waals surface area (Å²) in [6.45, 7) is 3.70. The summed E-state index contributed by atoms with van der Waals surface area (Å²) in [6, 6.07) is 7.03. The molecule has 4 atom stereocenters. The highest BCUT2D eigenvalue weighted by atomic mass is 16.8. The van der Waals surface area contributed by atoms with Crippen molar-refractivity contribution >= 4 is 12.0 Å². The summed E-state index contributed by atoms with van der Waals surface area (Å²) in [5.41, 5.74) is 1.38. The molecule has 1 aromatic rings. The smallest absolute Gasteiger partial charge is 0.340 e. The number of hydrogen-bond donors (Lipinski definition) is 0. The molecule has 1 aliphatic carbocycles. The van der Waals surface area contributed by atoms with Crippen LogP contribution in [0, 0.1) is 0 Å². The summed E-state index contributed by atoms with van der Waals surface area (Å²) in [6.07, 6.45) is 4.41. The van der Waals surface area contributed by atoms with Gasteiger partial charge in [0.1, 0.15) is 6.10 Å². The quantitative estimate of drug-likeness (QED) is 0.768. The lowest BCUT2D eigenvalue weighted by Gasteiger charge is -2.33. The van der Waals surface area contributed by atoms with E-state index in [0.29, 0.717) is 5.56 Å². The number of methoxy groups -OCH3 is 1. The van der Waals surface area contributed by atoms with Crippen molar-refractivity contribution in [3.05, 3.63) is 42.0 Å². The van der Waals surface area contributed by atoms with Crippen LogP contribution >= 0.6 is 0 Å². The number of carbonyl (C=O) groups excluding carboxylic acids is 1. The third-order valence-electron chi connectivity index (χ3n) is 5.28. The Morgan fingerprint density at radius 2 is 1.77 bits per heavy atom. The van der Waals surface area contributed by atoms with E-state index >= 15 is 0 Å². The average molecular weight is 360 g/mol. The minimum absolute atomic E-state index is 0.390. The second-order valence-corrected chi connectivity index (χ2v) is 6.98. The number of carbonyl (C=O) groups is 1. The normalized spacial score (nSPS) is 32.3. The third kappa shape index (κ3) is 3.18. The molecule has 0 radical (unpaired) electrons. The molecule has 0 amide bonds. The van der Waals surface area contributed by atoms with E-state index < -0.39 is 30.4 Å². The molecule has 1 aromatic carbocycles. The maximum absolute atomic E-state index is 12.5. The molecule has 2 heterocycles. The number of benzene rings is 1.